The Morgan fingerprint density at radius 1 is 1.33 bits per heavy atom. The van der Waals surface area contributed by atoms with Crippen LogP contribution in [0.3, 0.4) is 0 Å². The molecule has 0 aliphatic rings. The minimum absolute atomic E-state index is 0.177. The number of guanidine groups is 1. The van der Waals surface area contributed by atoms with Crippen molar-refractivity contribution in [1.82, 2.24) is 0 Å². The first-order chi connectivity index (χ1) is 7.00. The highest BCUT2D eigenvalue weighted by molar-refractivity contribution is 6.30. The highest BCUT2D eigenvalue weighted by atomic mass is 35.5. The molecule has 4 N–H and O–H groups in total. The van der Waals surface area contributed by atoms with Crippen LogP contribution in [0, 0.1) is 5.82 Å². The molecule has 0 heterocycles. The monoisotopic (exact) mass is 228 g/mol. The number of halogens is 2. The van der Waals surface area contributed by atoms with Gasteiger partial charge >= 0.3 is 0 Å². The van der Waals surface area contributed by atoms with Crippen molar-refractivity contribution in [2.45, 2.75) is 6.92 Å². The van der Waals surface area contributed by atoms with E-state index < -0.39 is 5.82 Å². The minimum atomic E-state index is -0.463. The summed E-state index contributed by atoms with van der Waals surface area (Å²) in [5.41, 5.74) is 10.9. The van der Waals surface area contributed by atoms with Crippen molar-refractivity contribution in [3.63, 3.8) is 0 Å². The maximum Gasteiger partial charge on any atom is 0.211 e. The van der Waals surface area contributed by atoms with E-state index in [1.807, 2.05) is 0 Å². The van der Waals surface area contributed by atoms with E-state index in [2.05, 4.69) is 10.2 Å². The van der Waals surface area contributed by atoms with Crippen LogP contribution in [0.2, 0.25) is 5.02 Å². The van der Waals surface area contributed by atoms with Gasteiger partial charge in [0.2, 0.25) is 5.96 Å². The molecule has 0 aromatic heterocycles. The Kier molecular flexibility index (Phi) is 3.62. The van der Waals surface area contributed by atoms with Crippen LogP contribution >= 0.6 is 11.6 Å². The van der Waals surface area contributed by atoms with Gasteiger partial charge in [-0.05, 0) is 25.1 Å². The van der Waals surface area contributed by atoms with E-state index in [9.17, 15) is 4.39 Å². The van der Waals surface area contributed by atoms with E-state index in [1.165, 1.54) is 12.1 Å². The highest BCUT2D eigenvalue weighted by Crippen LogP contribution is 2.15. The predicted molar refractivity (Wildman–Crippen MR) is 59.4 cm³/mol. The molecule has 0 radical (unpaired) electrons. The Morgan fingerprint density at radius 2 is 2.00 bits per heavy atom. The molecular weight excluding hydrogens is 219 g/mol. The minimum Gasteiger partial charge on any atom is -0.369 e. The molecule has 1 aromatic carbocycles. The SMILES string of the molecule is CC(=NN=C(N)N)c1ccc(Cl)cc1F. The van der Waals surface area contributed by atoms with Gasteiger partial charge in [-0.3, -0.25) is 0 Å². The third-order valence-electron chi connectivity index (χ3n) is 1.64. The Labute approximate surface area is 91.4 Å². The quantitative estimate of drug-likeness (QED) is 0.457. The molecule has 0 bridgehead atoms. The summed E-state index contributed by atoms with van der Waals surface area (Å²) in [4.78, 5) is 0. The van der Waals surface area contributed by atoms with E-state index in [1.54, 1.807) is 13.0 Å². The van der Waals surface area contributed by atoms with Gasteiger partial charge in [-0.2, -0.15) is 5.10 Å². The van der Waals surface area contributed by atoms with Gasteiger partial charge in [0.15, 0.2) is 0 Å². The van der Waals surface area contributed by atoms with Gasteiger partial charge in [0, 0.05) is 10.6 Å². The Morgan fingerprint density at radius 3 is 2.53 bits per heavy atom. The molecule has 0 atom stereocenters. The summed E-state index contributed by atoms with van der Waals surface area (Å²) in [5, 5.41) is 7.41. The van der Waals surface area contributed by atoms with E-state index in [-0.39, 0.29) is 5.96 Å². The van der Waals surface area contributed by atoms with Gasteiger partial charge in [-0.1, -0.05) is 11.6 Å². The molecule has 1 rings (SSSR count). The third-order valence-corrected chi connectivity index (χ3v) is 1.87. The van der Waals surface area contributed by atoms with Crippen molar-refractivity contribution < 1.29 is 4.39 Å². The second-order valence-corrected chi connectivity index (χ2v) is 3.27. The van der Waals surface area contributed by atoms with Crippen LogP contribution < -0.4 is 11.5 Å². The van der Waals surface area contributed by atoms with Crippen molar-refractivity contribution in [3.05, 3.63) is 34.6 Å². The lowest BCUT2D eigenvalue weighted by atomic mass is 10.1. The normalized spacial score (nSPS) is 11.3. The zero-order chi connectivity index (χ0) is 11.4. The maximum atomic E-state index is 13.3. The van der Waals surface area contributed by atoms with Crippen LogP contribution in [0.4, 0.5) is 4.39 Å². The first-order valence-corrected chi connectivity index (χ1v) is 4.47. The van der Waals surface area contributed by atoms with E-state index >= 15 is 0 Å². The van der Waals surface area contributed by atoms with Gasteiger partial charge in [0.1, 0.15) is 5.82 Å². The molecule has 0 fully saturated rings. The van der Waals surface area contributed by atoms with Crippen molar-refractivity contribution in [1.29, 1.82) is 0 Å². The number of benzene rings is 1. The fourth-order valence-corrected chi connectivity index (χ4v) is 1.13. The van der Waals surface area contributed by atoms with Gasteiger partial charge in [-0.25, -0.2) is 4.39 Å². The Balaban J connectivity index is 3.06. The molecule has 4 nitrogen and oxygen atoms in total. The number of nitrogens with zero attached hydrogens (tertiary/aromatic N) is 2. The van der Waals surface area contributed by atoms with Crippen molar-refractivity contribution in [2.75, 3.05) is 0 Å². The fraction of sp³-hybridized carbons (Fsp3) is 0.111. The van der Waals surface area contributed by atoms with Crippen LogP contribution in [0.25, 0.3) is 0 Å². The topological polar surface area (TPSA) is 76.8 Å². The highest BCUT2D eigenvalue weighted by Gasteiger charge is 2.05. The first-order valence-electron chi connectivity index (χ1n) is 4.09. The standard InChI is InChI=1S/C9H10ClFN4/c1-5(14-15-9(12)13)7-3-2-6(10)4-8(7)11/h2-4H,1H3,(H4,12,13,15). The third kappa shape index (κ3) is 3.21. The van der Waals surface area contributed by atoms with Gasteiger partial charge in [0.05, 0.1) is 5.71 Å². The molecule has 0 saturated heterocycles. The van der Waals surface area contributed by atoms with Crippen LogP contribution in [0.5, 0.6) is 0 Å². The average Bonchev–Trinajstić information content (AvgIpc) is 2.14. The molecule has 0 spiro atoms. The lowest BCUT2D eigenvalue weighted by Gasteiger charge is -2.01. The second-order valence-electron chi connectivity index (χ2n) is 2.83. The molecule has 0 aliphatic heterocycles. The largest absolute Gasteiger partial charge is 0.369 e. The van der Waals surface area contributed by atoms with Gasteiger partial charge in [0.25, 0.3) is 0 Å². The summed E-state index contributed by atoms with van der Waals surface area (Å²) in [7, 11) is 0. The lowest BCUT2D eigenvalue weighted by Crippen LogP contribution is -2.22. The molecule has 80 valence electrons. The van der Waals surface area contributed by atoms with Crippen LogP contribution in [-0.2, 0) is 0 Å². The van der Waals surface area contributed by atoms with E-state index in [0.717, 1.165) is 0 Å². The molecule has 1 aromatic rings. The Bertz CT molecular complexity index is 424. The van der Waals surface area contributed by atoms with Crippen molar-refractivity contribution >= 4 is 23.3 Å². The first kappa shape index (κ1) is 11.5. The van der Waals surface area contributed by atoms with Crippen molar-refractivity contribution in [3.8, 4) is 0 Å². The number of rotatable bonds is 2. The summed E-state index contributed by atoms with van der Waals surface area (Å²) in [6, 6.07) is 4.28. The molecule has 0 unspecified atom stereocenters. The van der Waals surface area contributed by atoms with E-state index in [4.69, 9.17) is 23.1 Å². The summed E-state index contributed by atoms with van der Waals surface area (Å²) in [6.45, 7) is 1.60. The molecule has 15 heavy (non-hydrogen) atoms. The maximum absolute atomic E-state index is 13.3. The Hall–Kier alpha value is -1.62. The molecular formula is C9H10ClFN4. The van der Waals surface area contributed by atoms with E-state index in [0.29, 0.717) is 16.3 Å². The summed E-state index contributed by atoms with van der Waals surface area (Å²) in [6.07, 6.45) is 0. The van der Waals surface area contributed by atoms with Gasteiger partial charge in [-0.15, -0.1) is 5.10 Å². The molecule has 6 heteroatoms. The summed E-state index contributed by atoms with van der Waals surface area (Å²) >= 11 is 5.60. The van der Waals surface area contributed by atoms with Crippen molar-refractivity contribution in [2.24, 2.45) is 21.7 Å². The predicted octanol–water partition coefficient (Wildman–Crippen LogP) is 1.48. The van der Waals surface area contributed by atoms with Crippen LogP contribution in [-0.4, -0.2) is 11.7 Å². The summed E-state index contributed by atoms with van der Waals surface area (Å²) < 4.78 is 13.3. The molecule has 0 amide bonds. The van der Waals surface area contributed by atoms with Crippen LogP contribution in [0.15, 0.2) is 28.4 Å². The zero-order valence-electron chi connectivity index (χ0n) is 8.04. The number of hydrogen-bond donors (Lipinski definition) is 2. The molecule has 0 saturated carbocycles. The lowest BCUT2D eigenvalue weighted by molar-refractivity contribution is 0.625. The van der Waals surface area contributed by atoms with Crippen LogP contribution in [0.1, 0.15) is 12.5 Å². The zero-order valence-corrected chi connectivity index (χ0v) is 8.79. The number of nitrogens with two attached hydrogens (primary N) is 2. The second kappa shape index (κ2) is 4.75. The van der Waals surface area contributed by atoms with Gasteiger partial charge < -0.3 is 11.5 Å². The molecule has 0 aliphatic carbocycles. The number of hydrogen-bond acceptors (Lipinski definition) is 2. The summed E-state index contributed by atoms with van der Waals surface area (Å²) in [5.74, 6) is -0.640. The fourth-order valence-electron chi connectivity index (χ4n) is 0.969. The average molecular weight is 229 g/mol. The smallest absolute Gasteiger partial charge is 0.211 e.